The zero-order valence-electron chi connectivity index (χ0n) is 11.0. The fourth-order valence-electron chi connectivity index (χ4n) is 2.15. The maximum Gasteiger partial charge on any atom is 0.177 e. The lowest BCUT2D eigenvalue weighted by molar-refractivity contribution is 0.547. The van der Waals surface area contributed by atoms with Crippen molar-refractivity contribution in [3.05, 3.63) is 18.0 Å². The van der Waals surface area contributed by atoms with Crippen molar-refractivity contribution in [2.24, 2.45) is 7.05 Å². The lowest BCUT2D eigenvalue weighted by Crippen LogP contribution is -2.02. The highest BCUT2D eigenvalue weighted by atomic mass is 15.3. The van der Waals surface area contributed by atoms with Gasteiger partial charge < -0.3 is 4.98 Å². The zero-order chi connectivity index (χ0) is 12.9. The van der Waals surface area contributed by atoms with Crippen LogP contribution in [0.3, 0.4) is 0 Å². The van der Waals surface area contributed by atoms with Gasteiger partial charge in [-0.3, -0.25) is 4.68 Å². The van der Waals surface area contributed by atoms with Crippen LogP contribution < -0.4 is 0 Å². The first-order valence-corrected chi connectivity index (χ1v) is 6.00. The standard InChI is InChI=1S/C12H16N6/c1-7(2)18-12-9(6-13-18)14-11(15-12)10-5-8(3)16-17(10)4/h5-7H,1-4H3,(H,14,15). The molecule has 94 valence electrons. The molecule has 0 bridgehead atoms. The third kappa shape index (κ3) is 1.53. The molecule has 0 amide bonds. The Morgan fingerprint density at radius 2 is 2.11 bits per heavy atom. The maximum absolute atomic E-state index is 4.62. The molecule has 0 saturated heterocycles. The highest BCUT2D eigenvalue weighted by Gasteiger charge is 2.14. The van der Waals surface area contributed by atoms with Gasteiger partial charge in [-0.1, -0.05) is 0 Å². The Morgan fingerprint density at radius 3 is 2.72 bits per heavy atom. The van der Waals surface area contributed by atoms with Gasteiger partial charge in [0, 0.05) is 13.1 Å². The van der Waals surface area contributed by atoms with E-state index in [4.69, 9.17) is 0 Å². The molecular formula is C12H16N6. The lowest BCUT2D eigenvalue weighted by Gasteiger charge is -2.03. The second-order valence-corrected chi connectivity index (χ2v) is 4.80. The summed E-state index contributed by atoms with van der Waals surface area (Å²) in [5.41, 5.74) is 3.81. The summed E-state index contributed by atoms with van der Waals surface area (Å²) < 4.78 is 3.75. The Labute approximate surface area is 105 Å². The average molecular weight is 244 g/mol. The number of aromatic amines is 1. The summed E-state index contributed by atoms with van der Waals surface area (Å²) in [5, 5.41) is 8.65. The fourth-order valence-corrected chi connectivity index (χ4v) is 2.15. The van der Waals surface area contributed by atoms with Crippen LogP contribution in [0.4, 0.5) is 0 Å². The van der Waals surface area contributed by atoms with E-state index in [0.717, 1.165) is 28.4 Å². The molecule has 18 heavy (non-hydrogen) atoms. The van der Waals surface area contributed by atoms with Crippen molar-refractivity contribution in [1.29, 1.82) is 0 Å². The van der Waals surface area contributed by atoms with Crippen molar-refractivity contribution >= 4 is 11.2 Å². The van der Waals surface area contributed by atoms with Gasteiger partial charge in [0.05, 0.1) is 11.9 Å². The number of rotatable bonds is 2. The number of aryl methyl sites for hydroxylation is 2. The van der Waals surface area contributed by atoms with E-state index < -0.39 is 0 Å². The summed E-state index contributed by atoms with van der Waals surface area (Å²) in [6.07, 6.45) is 1.81. The molecule has 0 aliphatic rings. The van der Waals surface area contributed by atoms with Gasteiger partial charge in [-0.25, -0.2) is 9.67 Å². The Morgan fingerprint density at radius 1 is 1.33 bits per heavy atom. The number of hydrogen-bond acceptors (Lipinski definition) is 3. The molecule has 0 aliphatic carbocycles. The van der Waals surface area contributed by atoms with Crippen molar-refractivity contribution in [1.82, 2.24) is 29.5 Å². The van der Waals surface area contributed by atoms with Crippen molar-refractivity contribution < 1.29 is 0 Å². The summed E-state index contributed by atoms with van der Waals surface area (Å²) >= 11 is 0. The molecular weight excluding hydrogens is 228 g/mol. The molecule has 3 aromatic heterocycles. The minimum Gasteiger partial charge on any atom is -0.334 e. The topological polar surface area (TPSA) is 64.3 Å². The number of fused-ring (bicyclic) bond motifs is 1. The fraction of sp³-hybridized carbons (Fsp3) is 0.417. The second kappa shape index (κ2) is 3.69. The second-order valence-electron chi connectivity index (χ2n) is 4.80. The molecule has 3 heterocycles. The molecule has 0 saturated carbocycles. The molecule has 6 heteroatoms. The van der Waals surface area contributed by atoms with E-state index in [1.807, 2.05) is 35.6 Å². The van der Waals surface area contributed by atoms with Gasteiger partial charge >= 0.3 is 0 Å². The zero-order valence-corrected chi connectivity index (χ0v) is 11.0. The first kappa shape index (κ1) is 11.0. The lowest BCUT2D eigenvalue weighted by atomic mass is 10.3. The van der Waals surface area contributed by atoms with Gasteiger partial charge in [-0.15, -0.1) is 0 Å². The molecule has 1 N–H and O–H groups in total. The SMILES string of the molecule is Cc1cc(-c2nc3c(cnn3C(C)C)[nH]2)n(C)n1. The normalized spacial score (nSPS) is 11.8. The first-order valence-electron chi connectivity index (χ1n) is 6.00. The average Bonchev–Trinajstić information content (AvgIpc) is 2.90. The Kier molecular flexibility index (Phi) is 2.26. The predicted molar refractivity (Wildman–Crippen MR) is 69.2 cm³/mol. The molecule has 6 nitrogen and oxygen atoms in total. The van der Waals surface area contributed by atoms with Crippen molar-refractivity contribution in [2.45, 2.75) is 26.8 Å². The summed E-state index contributed by atoms with van der Waals surface area (Å²) in [5.74, 6) is 0.833. The molecule has 0 fully saturated rings. The van der Waals surface area contributed by atoms with Gasteiger partial charge in [-0.05, 0) is 26.8 Å². The monoisotopic (exact) mass is 244 g/mol. The van der Waals surface area contributed by atoms with Gasteiger partial charge in [0.25, 0.3) is 0 Å². The van der Waals surface area contributed by atoms with Crippen molar-refractivity contribution in [3.8, 4) is 11.5 Å². The number of imidazole rings is 1. The summed E-state index contributed by atoms with van der Waals surface area (Å²) in [6, 6.07) is 2.32. The molecule has 0 radical (unpaired) electrons. The van der Waals surface area contributed by atoms with Crippen LogP contribution in [0.15, 0.2) is 12.3 Å². The molecule has 0 spiro atoms. The Balaban J connectivity index is 2.17. The molecule has 0 unspecified atom stereocenters. The molecule has 0 aliphatic heterocycles. The van der Waals surface area contributed by atoms with E-state index in [0.29, 0.717) is 6.04 Å². The smallest absolute Gasteiger partial charge is 0.177 e. The van der Waals surface area contributed by atoms with Gasteiger partial charge in [0.1, 0.15) is 11.2 Å². The van der Waals surface area contributed by atoms with Gasteiger partial charge in [-0.2, -0.15) is 10.2 Å². The van der Waals surface area contributed by atoms with E-state index >= 15 is 0 Å². The number of nitrogens with zero attached hydrogens (tertiary/aromatic N) is 5. The maximum atomic E-state index is 4.62. The predicted octanol–water partition coefficient (Wildman–Crippen LogP) is 2.05. The summed E-state index contributed by atoms with van der Waals surface area (Å²) in [6.45, 7) is 6.16. The minimum atomic E-state index is 0.298. The minimum absolute atomic E-state index is 0.298. The van der Waals surface area contributed by atoms with Crippen LogP contribution in [0.25, 0.3) is 22.7 Å². The Hall–Kier alpha value is -2.11. The largest absolute Gasteiger partial charge is 0.334 e. The molecule has 0 atom stereocenters. The molecule has 3 rings (SSSR count). The van der Waals surface area contributed by atoms with Crippen LogP contribution in [-0.2, 0) is 7.05 Å². The number of aromatic nitrogens is 6. The van der Waals surface area contributed by atoms with E-state index in [9.17, 15) is 0 Å². The van der Waals surface area contributed by atoms with Crippen LogP contribution in [-0.4, -0.2) is 29.5 Å². The Bertz CT molecular complexity index is 699. The number of hydrogen-bond donors (Lipinski definition) is 1. The van der Waals surface area contributed by atoms with Gasteiger partial charge in [0.15, 0.2) is 11.5 Å². The molecule has 3 aromatic rings. The first-order chi connectivity index (χ1) is 8.56. The van der Waals surface area contributed by atoms with E-state index in [2.05, 4.69) is 34.0 Å². The summed E-state index contributed by atoms with van der Waals surface area (Å²) in [4.78, 5) is 7.91. The number of nitrogens with one attached hydrogen (secondary N) is 1. The van der Waals surface area contributed by atoms with Crippen molar-refractivity contribution in [3.63, 3.8) is 0 Å². The summed E-state index contributed by atoms with van der Waals surface area (Å²) in [7, 11) is 1.92. The van der Waals surface area contributed by atoms with Gasteiger partial charge in [0.2, 0.25) is 0 Å². The van der Waals surface area contributed by atoms with Crippen LogP contribution in [0, 0.1) is 6.92 Å². The van der Waals surface area contributed by atoms with Crippen LogP contribution in [0.5, 0.6) is 0 Å². The highest BCUT2D eigenvalue weighted by Crippen LogP contribution is 2.22. The van der Waals surface area contributed by atoms with Crippen molar-refractivity contribution in [2.75, 3.05) is 0 Å². The highest BCUT2D eigenvalue weighted by molar-refractivity contribution is 5.75. The van der Waals surface area contributed by atoms with E-state index in [-0.39, 0.29) is 0 Å². The third-order valence-corrected chi connectivity index (χ3v) is 2.97. The van der Waals surface area contributed by atoms with Crippen LogP contribution in [0.2, 0.25) is 0 Å². The third-order valence-electron chi connectivity index (χ3n) is 2.97. The quantitative estimate of drug-likeness (QED) is 0.750. The van der Waals surface area contributed by atoms with E-state index in [1.54, 1.807) is 0 Å². The van der Waals surface area contributed by atoms with Crippen LogP contribution in [0.1, 0.15) is 25.6 Å². The number of H-pyrrole nitrogens is 1. The van der Waals surface area contributed by atoms with Crippen LogP contribution >= 0.6 is 0 Å². The molecule has 0 aromatic carbocycles. The van der Waals surface area contributed by atoms with E-state index in [1.165, 1.54) is 0 Å².